The average molecular weight is 376 g/mol. The molecule has 0 saturated carbocycles. The first kappa shape index (κ1) is 17.5. The zero-order valence-corrected chi connectivity index (χ0v) is 14.7. The molecular weight excluding hydrogens is 360 g/mol. The summed E-state index contributed by atoms with van der Waals surface area (Å²) in [5.74, 6) is 0.915. The highest BCUT2D eigenvalue weighted by atomic mass is 16.5. The number of carbonyl (C=O) groups excluding carboxylic acids is 1. The Kier molecular flexibility index (Phi) is 5.10. The highest BCUT2D eigenvalue weighted by molar-refractivity contribution is 5.92. The number of aromatic nitrogens is 3. The minimum atomic E-state index is -0.365. The molecule has 0 aliphatic rings. The summed E-state index contributed by atoms with van der Waals surface area (Å²) in [6.45, 7) is 0.526. The molecule has 0 unspecified atom stereocenters. The third-order valence-corrected chi connectivity index (χ3v) is 3.85. The summed E-state index contributed by atoms with van der Waals surface area (Å²) < 4.78 is 15.8. The quantitative estimate of drug-likeness (QED) is 0.494. The Morgan fingerprint density at radius 1 is 1.00 bits per heavy atom. The first-order chi connectivity index (χ1) is 13.8. The van der Waals surface area contributed by atoms with Gasteiger partial charge in [0.1, 0.15) is 6.61 Å². The second-order valence-corrected chi connectivity index (χ2v) is 5.78. The van der Waals surface area contributed by atoms with E-state index >= 15 is 0 Å². The Morgan fingerprint density at radius 3 is 2.64 bits per heavy atom. The monoisotopic (exact) mass is 376 g/mol. The summed E-state index contributed by atoms with van der Waals surface area (Å²) in [7, 11) is 0. The molecule has 1 amide bonds. The van der Waals surface area contributed by atoms with E-state index in [-0.39, 0.29) is 24.8 Å². The van der Waals surface area contributed by atoms with Gasteiger partial charge >= 0.3 is 0 Å². The minimum absolute atomic E-state index is 0.165. The van der Waals surface area contributed by atoms with E-state index in [0.717, 1.165) is 11.3 Å². The number of carbonyl (C=O) groups is 1. The predicted octanol–water partition coefficient (Wildman–Crippen LogP) is 3.20. The van der Waals surface area contributed by atoms with E-state index in [2.05, 4.69) is 20.7 Å². The highest BCUT2D eigenvalue weighted by Gasteiger charge is 2.14. The maximum atomic E-state index is 12.1. The Labute approximate surface area is 160 Å². The molecule has 0 fully saturated rings. The number of hydrogen-bond acceptors (Lipinski definition) is 7. The zero-order chi connectivity index (χ0) is 19.2. The maximum Gasteiger partial charge on any atom is 0.273 e. The van der Waals surface area contributed by atoms with E-state index in [4.69, 9.17) is 13.7 Å². The predicted molar refractivity (Wildman–Crippen MR) is 99.5 cm³/mol. The average Bonchev–Trinajstić information content (AvgIpc) is 3.44. The Bertz CT molecular complexity index is 1030. The maximum absolute atomic E-state index is 12.1. The molecule has 4 rings (SSSR count). The SMILES string of the molecule is O=C(NCCOc1ccc(-c2ccccc2)nn1)c1cc(-c2ccco2)on1. The lowest BCUT2D eigenvalue weighted by Crippen LogP contribution is -2.28. The van der Waals surface area contributed by atoms with Crippen LogP contribution in [0.4, 0.5) is 0 Å². The van der Waals surface area contributed by atoms with Crippen LogP contribution in [0.3, 0.4) is 0 Å². The first-order valence-electron chi connectivity index (χ1n) is 8.60. The molecule has 1 aromatic carbocycles. The van der Waals surface area contributed by atoms with Gasteiger partial charge in [0.25, 0.3) is 5.91 Å². The molecule has 4 aromatic rings. The van der Waals surface area contributed by atoms with E-state index in [9.17, 15) is 4.79 Å². The fraction of sp³-hybridized carbons (Fsp3) is 0.100. The molecule has 0 bridgehead atoms. The first-order valence-corrected chi connectivity index (χ1v) is 8.60. The van der Waals surface area contributed by atoms with Crippen LogP contribution < -0.4 is 10.1 Å². The van der Waals surface area contributed by atoms with Crippen LogP contribution in [-0.4, -0.2) is 34.4 Å². The van der Waals surface area contributed by atoms with Gasteiger partial charge in [0.15, 0.2) is 11.5 Å². The molecule has 3 aromatic heterocycles. The fourth-order valence-electron chi connectivity index (χ4n) is 2.49. The van der Waals surface area contributed by atoms with Crippen LogP contribution >= 0.6 is 0 Å². The largest absolute Gasteiger partial charge is 0.475 e. The van der Waals surface area contributed by atoms with Gasteiger partial charge in [-0.3, -0.25) is 4.79 Å². The Balaban J connectivity index is 1.25. The van der Waals surface area contributed by atoms with Crippen LogP contribution in [-0.2, 0) is 0 Å². The number of amides is 1. The molecule has 0 spiro atoms. The summed E-state index contributed by atoms with van der Waals surface area (Å²) in [4.78, 5) is 12.1. The number of furan rings is 1. The van der Waals surface area contributed by atoms with Gasteiger partial charge < -0.3 is 19.0 Å². The van der Waals surface area contributed by atoms with Gasteiger partial charge in [-0.05, 0) is 18.2 Å². The van der Waals surface area contributed by atoms with Gasteiger partial charge in [0.2, 0.25) is 11.6 Å². The zero-order valence-electron chi connectivity index (χ0n) is 14.7. The Hall–Kier alpha value is -3.94. The molecule has 0 saturated heterocycles. The van der Waals surface area contributed by atoms with E-state index in [1.807, 2.05) is 36.4 Å². The summed E-state index contributed by atoms with van der Waals surface area (Å²) >= 11 is 0. The number of rotatable bonds is 7. The lowest BCUT2D eigenvalue weighted by molar-refractivity contribution is 0.0937. The van der Waals surface area contributed by atoms with Crippen molar-refractivity contribution in [3.8, 4) is 28.7 Å². The summed E-state index contributed by atoms with van der Waals surface area (Å²) in [5.41, 5.74) is 1.91. The second kappa shape index (κ2) is 8.17. The van der Waals surface area contributed by atoms with Gasteiger partial charge in [-0.25, -0.2) is 0 Å². The van der Waals surface area contributed by atoms with Crippen LogP contribution in [0.25, 0.3) is 22.8 Å². The summed E-state index contributed by atoms with van der Waals surface area (Å²) in [5, 5.41) is 14.6. The minimum Gasteiger partial charge on any atom is -0.475 e. The van der Waals surface area contributed by atoms with Gasteiger partial charge in [0.05, 0.1) is 18.5 Å². The normalized spacial score (nSPS) is 10.6. The molecule has 0 aliphatic heterocycles. The van der Waals surface area contributed by atoms with Crippen molar-refractivity contribution in [3.05, 3.63) is 72.6 Å². The molecule has 0 atom stereocenters. The van der Waals surface area contributed by atoms with Gasteiger partial charge in [-0.2, -0.15) is 0 Å². The van der Waals surface area contributed by atoms with Crippen molar-refractivity contribution in [3.63, 3.8) is 0 Å². The molecule has 3 heterocycles. The molecular formula is C20H16N4O4. The summed E-state index contributed by atoms with van der Waals surface area (Å²) in [6, 6.07) is 18.3. The third-order valence-electron chi connectivity index (χ3n) is 3.85. The van der Waals surface area contributed by atoms with Crippen molar-refractivity contribution in [1.82, 2.24) is 20.7 Å². The van der Waals surface area contributed by atoms with Gasteiger partial charge in [-0.1, -0.05) is 35.5 Å². The van der Waals surface area contributed by atoms with Crippen molar-refractivity contribution >= 4 is 5.91 Å². The van der Waals surface area contributed by atoms with E-state index in [1.54, 1.807) is 18.2 Å². The van der Waals surface area contributed by atoms with Crippen molar-refractivity contribution in [2.75, 3.05) is 13.2 Å². The van der Waals surface area contributed by atoms with E-state index in [0.29, 0.717) is 17.4 Å². The second-order valence-electron chi connectivity index (χ2n) is 5.78. The lowest BCUT2D eigenvalue weighted by atomic mass is 10.1. The number of hydrogen-bond donors (Lipinski definition) is 1. The van der Waals surface area contributed by atoms with Crippen LogP contribution in [0.15, 0.2) is 75.9 Å². The number of nitrogens with zero attached hydrogens (tertiary/aromatic N) is 3. The van der Waals surface area contributed by atoms with Crippen LogP contribution in [0.5, 0.6) is 5.88 Å². The van der Waals surface area contributed by atoms with E-state index < -0.39 is 0 Å². The molecule has 28 heavy (non-hydrogen) atoms. The van der Waals surface area contributed by atoms with Gasteiger partial charge in [0, 0.05) is 17.7 Å². The standard InChI is InChI=1S/C20H16N4O4/c25-20(16-13-18(28-24-16)17-7-4-11-26-17)21-10-12-27-19-9-8-15(22-23-19)14-5-2-1-3-6-14/h1-9,11,13H,10,12H2,(H,21,25). The Morgan fingerprint density at radius 2 is 1.89 bits per heavy atom. The smallest absolute Gasteiger partial charge is 0.273 e. The van der Waals surface area contributed by atoms with Crippen molar-refractivity contribution in [2.24, 2.45) is 0 Å². The summed E-state index contributed by atoms with van der Waals surface area (Å²) in [6.07, 6.45) is 1.52. The lowest BCUT2D eigenvalue weighted by Gasteiger charge is -2.06. The van der Waals surface area contributed by atoms with Crippen molar-refractivity contribution < 1.29 is 18.5 Å². The van der Waals surface area contributed by atoms with Crippen LogP contribution in [0, 0.1) is 0 Å². The topological polar surface area (TPSA) is 103 Å². The van der Waals surface area contributed by atoms with E-state index in [1.165, 1.54) is 12.3 Å². The molecule has 1 N–H and O–H groups in total. The molecule has 8 heteroatoms. The number of nitrogens with one attached hydrogen (secondary N) is 1. The number of benzene rings is 1. The van der Waals surface area contributed by atoms with Gasteiger partial charge in [-0.15, -0.1) is 10.2 Å². The van der Waals surface area contributed by atoms with Crippen LogP contribution in [0.1, 0.15) is 10.5 Å². The highest BCUT2D eigenvalue weighted by Crippen LogP contribution is 2.20. The third kappa shape index (κ3) is 4.07. The van der Waals surface area contributed by atoms with Crippen molar-refractivity contribution in [1.29, 1.82) is 0 Å². The molecule has 8 nitrogen and oxygen atoms in total. The molecule has 140 valence electrons. The van der Waals surface area contributed by atoms with Crippen molar-refractivity contribution in [2.45, 2.75) is 0 Å². The molecule has 0 aliphatic carbocycles. The van der Waals surface area contributed by atoms with Crippen LogP contribution in [0.2, 0.25) is 0 Å². The molecule has 0 radical (unpaired) electrons. The fourth-order valence-corrected chi connectivity index (χ4v) is 2.49. The number of ether oxygens (including phenoxy) is 1.